The summed E-state index contributed by atoms with van der Waals surface area (Å²) in [4.78, 5) is 12.8. The molecule has 6 heteroatoms. The zero-order chi connectivity index (χ0) is 26.7. The van der Waals surface area contributed by atoms with Gasteiger partial charge in [-0.05, 0) is 78.9 Å². The predicted octanol–water partition coefficient (Wildman–Crippen LogP) is 4.15. The van der Waals surface area contributed by atoms with Crippen LogP contribution in [0.5, 0.6) is 0 Å². The summed E-state index contributed by atoms with van der Waals surface area (Å²) in [5.41, 5.74) is -1.83. The van der Waals surface area contributed by atoms with Gasteiger partial charge in [0.2, 0.25) is 0 Å². The van der Waals surface area contributed by atoms with E-state index in [0.29, 0.717) is 32.1 Å². The Kier molecular flexibility index (Phi) is 5.77. The van der Waals surface area contributed by atoms with E-state index in [1.165, 1.54) is 0 Å². The summed E-state index contributed by atoms with van der Waals surface area (Å²) in [5, 5.41) is 55.3. The number of carbonyl (C=O) groups is 1. The van der Waals surface area contributed by atoms with Crippen molar-refractivity contribution in [3.63, 3.8) is 0 Å². The van der Waals surface area contributed by atoms with Crippen LogP contribution in [0.4, 0.5) is 0 Å². The largest absolute Gasteiger partial charge is 0.481 e. The molecule has 2 unspecified atom stereocenters. The third-order valence-electron chi connectivity index (χ3n) is 13.3. The first-order valence-corrected chi connectivity index (χ1v) is 14.1. The molecule has 5 aliphatic rings. The van der Waals surface area contributed by atoms with Gasteiger partial charge >= 0.3 is 5.97 Å². The van der Waals surface area contributed by atoms with Crippen molar-refractivity contribution in [1.29, 1.82) is 0 Å². The third kappa shape index (κ3) is 2.96. The number of hydrogen-bond donors (Lipinski definition) is 5. The van der Waals surface area contributed by atoms with Crippen molar-refractivity contribution in [3.05, 3.63) is 11.6 Å². The Morgan fingerprint density at radius 3 is 2.22 bits per heavy atom. The molecule has 0 aromatic heterocycles. The smallest absolute Gasteiger partial charge is 0.310 e. The van der Waals surface area contributed by atoms with E-state index in [9.17, 15) is 30.3 Å². The SMILES string of the molecule is CC1(C)CC[C@]2(C(=O)O)CC[C@]3(C)C(=CC[C@@H]4[C@@]5(C)CC[C@H](O)[C@@](C)(CO)C5[C@H](O)C[C@]43C)C2[C@@H]1O. The van der Waals surface area contributed by atoms with Crippen molar-refractivity contribution < 1.29 is 30.3 Å². The van der Waals surface area contributed by atoms with Gasteiger partial charge in [0.25, 0.3) is 0 Å². The lowest BCUT2D eigenvalue weighted by atomic mass is 9.33. The van der Waals surface area contributed by atoms with Crippen LogP contribution >= 0.6 is 0 Å². The second-order valence-corrected chi connectivity index (χ2v) is 15.0. The molecule has 4 fully saturated rings. The van der Waals surface area contributed by atoms with Crippen LogP contribution < -0.4 is 0 Å². The molecule has 36 heavy (non-hydrogen) atoms. The van der Waals surface area contributed by atoms with Crippen molar-refractivity contribution in [3.8, 4) is 0 Å². The minimum atomic E-state index is -0.937. The normalized spacial score (nSPS) is 55.9. The number of fused-ring (bicyclic) bond motifs is 7. The highest BCUT2D eigenvalue weighted by Crippen LogP contribution is 2.75. The van der Waals surface area contributed by atoms with E-state index in [0.717, 1.165) is 24.8 Å². The fraction of sp³-hybridized carbons (Fsp3) is 0.900. The Balaban J connectivity index is 1.65. The van der Waals surface area contributed by atoms with Crippen molar-refractivity contribution in [2.45, 2.75) is 111 Å². The van der Waals surface area contributed by atoms with Gasteiger partial charge < -0.3 is 25.5 Å². The highest BCUT2D eigenvalue weighted by molar-refractivity contribution is 5.77. The van der Waals surface area contributed by atoms with Crippen LogP contribution in [0, 0.1) is 50.2 Å². The van der Waals surface area contributed by atoms with Crippen LogP contribution in [0.2, 0.25) is 0 Å². The van der Waals surface area contributed by atoms with Gasteiger partial charge in [-0.1, -0.05) is 53.2 Å². The second-order valence-electron chi connectivity index (χ2n) is 15.0. The molecule has 0 bridgehead atoms. The fourth-order valence-electron chi connectivity index (χ4n) is 10.8. The van der Waals surface area contributed by atoms with Crippen LogP contribution in [-0.4, -0.2) is 56.4 Å². The van der Waals surface area contributed by atoms with Crippen molar-refractivity contribution >= 4 is 5.97 Å². The number of aliphatic carboxylic acids is 1. The molecule has 5 N–H and O–H groups in total. The lowest BCUT2D eigenvalue weighted by Gasteiger charge is -2.72. The second kappa shape index (κ2) is 7.80. The van der Waals surface area contributed by atoms with Crippen LogP contribution in [0.15, 0.2) is 11.6 Å². The van der Waals surface area contributed by atoms with Crippen LogP contribution in [0.1, 0.15) is 92.9 Å². The first kappa shape index (κ1) is 26.6. The zero-order valence-electron chi connectivity index (χ0n) is 23.0. The minimum Gasteiger partial charge on any atom is -0.481 e. The van der Waals surface area contributed by atoms with Crippen LogP contribution in [0.3, 0.4) is 0 Å². The molecule has 0 heterocycles. The maximum Gasteiger partial charge on any atom is 0.310 e. The number of carboxylic acid groups (broad SMARTS) is 1. The molecule has 4 saturated carbocycles. The van der Waals surface area contributed by atoms with E-state index < -0.39 is 41.0 Å². The topological polar surface area (TPSA) is 118 Å². The minimum absolute atomic E-state index is 0.155. The third-order valence-corrected chi connectivity index (χ3v) is 13.3. The summed E-state index contributed by atoms with van der Waals surface area (Å²) in [5.74, 6) is -1.19. The first-order valence-electron chi connectivity index (χ1n) is 14.1. The molecule has 6 nitrogen and oxygen atoms in total. The van der Waals surface area contributed by atoms with Crippen molar-refractivity contribution in [2.24, 2.45) is 50.2 Å². The van der Waals surface area contributed by atoms with Crippen molar-refractivity contribution in [1.82, 2.24) is 0 Å². The van der Waals surface area contributed by atoms with Gasteiger partial charge in [-0.2, -0.15) is 0 Å². The Bertz CT molecular complexity index is 974. The Morgan fingerprint density at radius 1 is 0.972 bits per heavy atom. The molecule has 5 rings (SSSR count). The Hall–Kier alpha value is -0.950. The zero-order valence-corrected chi connectivity index (χ0v) is 23.0. The van der Waals surface area contributed by atoms with Gasteiger partial charge in [-0.15, -0.1) is 0 Å². The van der Waals surface area contributed by atoms with E-state index in [1.54, 1.807) is 0 Å². The predicted molar refractivity (Wildman–Crippen MR) is 137 cm³/mol. The maximum absolute atomic E-state index is 12.8. The number of rotatable bonds is 2. The molecule has 0 aromatic rings. The van der Waals surface area contributed by atoms with Crippen LogP contribution in [-0.2, 0) is 4.79 Å². The molecular formula is C30H48O6. The Morgan fingerprint density at radius 2 is 1.61 bits per heavy atom. The summed E-state index contributed by atoms with van der Waals surface area (Å²) in [6, 6.07) is 0. The quantitative estimate of drug-likeness (QED) is 0.361. The van der Waals surface area contributed by atoms with Gasteiger partial charge in [0.15, 0.2) is 0 Å². The number of allylic oxidation sites excluding steroid dienone is 1. The molecule has 5 aliphatic carbocycles. The Labute approximate surface area is 216 Å². The summed E-state index contributed by atoms with van der Waals surface area (Å²) in [6.07, 6.45) is 5.52. The van der Waals surface area contributed by atoms with E-state index >= 15 is 0 Å². The lowest BCUT2D eigenvalue weighted by molar-refractivity contribution is -0.254. The summed E-state index contributed by atoms with van der Waals surface area (Å²) in [6.45, 7) is 12.7. The van der Waals surface area contributed by atoms with Gasteiger partial charge in [-0.3, -0.25) is 4.79 Å². The molecule has 0 aromatic carbocycles. The van der Waals surface area contributed by atoms with E-state index in [-0.39, 0.29) is 40.1 Å². The highest BCUT2D eigenvalue weighted by atomic mass is 16.4. The lowest BCUT2D eigenvalue weighted by Crippen LogP contribution is -2.70. The molecule has 0 radical (unpaired) electrons. The van der Waals surface area contributed by atoms with Gasteiger partial charge in [-0.25, -0.2) is 0 Å². The van der Waals surface area contributed by atoms with E-state index in [2.05, 4.69) is 40.7 Å². The fourth-order valence-corrected chi connectivity index (χ4v) is 10.8. The van der Waals surface area contributed by atoms with Gasteiger partial charge in [0, 0.05) is 17.3 Å². The maximum atomic E-state index is 12.8. The summed E-state index contributed by atoms with van der Waals surface area (Å²) >= 11 is 0. The molecule has 0 saturated heterocycles. The highest BCUT2D eigenvalue weighted by Gasteiger charge is 2.72. The number of carboxylic acids is 1. The molecule has 0 spiro atoms. The van der Waals surface area contributed by atoms with Gasteiger partial charge in [0.05, 0.1) is 30.3 Å². The first-order chi connectivity index (χ1) is 16.5. The van der Waals surface area contributed by atoms with Crippen molar-refractivity contribution in [2.75, 3.05) is 6.61 Å². The average molecular weight is 505 g/mol. The molecular weight excluding hydrogens is 456 g/mol. The number of hydrogen-bond acceptors (Lipinski definition) is 5. The molecule has 0 aliphatic heterocycles. The summed E-state index contributed by atoms with van der Waals surface area (Å²) in [7, 11) is 0. The van der Waals surface area contributed by atoms with Gasteiger partial charge in [0.1, 0.15) is 0 Å². The molecule has 204 valence electrons. The number of aliphatic hydroxyl groups excluding tert-OH is 4. The summed E-state index contributed by atoms with van der Waals surface area (Å²) < 4.78 is 0. The average Bonchev–Trinajstić information content (AvgIpc) is 2.79. The van der Waals surface area contributed by atoms with E-state index in [4.69, 9.17) is 0 Å². The standard InChI is InChI=1S/C30H48O6/c1-25(2)11-13-30(24(35)36)14-12-28(5)17(21(30)23(25)34)7-8-19-26(3)10-9-20(33)27(4,16-31)22(26)18(32)15-29(19,28)6/h7,18-23,31-34H,8-16H2,1-6H3,(H,35,36)/t18-,19-,20+,21?,22?,23+,26-,27-,28-,29-,30+/m1/s1. The number of aliphatic hydroxyl groups is 4. The van der Waals surface area contributed by atoms with E-state index in [1.807, 2.05) is 6.92 Å². The monoisotopic (exact) mass is 504 g/mol. The molecule has 0 amide bonds. The molecule has 11 atom stereocenters. The van der Waals surface area contributed by atoms with Crippen LogP contribution in [0.25, 0.3) is 0 Å².